The first kappa shape index (κ1) is 23.7. The summed E-state index contributed by atoms with van der Waals surface area (Å²) in [6.07, 6.45) is 6.88. The van der Waals surface area contributed by atoms with Crippen LogP contribution in [-0.2, 0) is 9.53 Å². The molecule has 1 aliphatic heterocycles. The van der Waals surface area contributed by atoms with E-state index in [-0.39, 0.29) is 12.5 Å². The fraction of sp³-hybridized carbons (Fsp3) is 0.174. The Labute approximate surface area is 200 Å². The lowest BCUT2D eigenvalue weighted by Gasteiger charge is -2.08. The average molecular weight is 489 g/mol. The van der Waals surface area contributed by atoms with Gasteiger partial charge < -0.3 is 9.47 Å². The summed E-state index contributed by atoms with van der Waals surface area (Å²) in [4.78, 5) is 30.9. The highest BCUT2D eigenvalue weighted by Crippen LogP contribution is 2.37. The van der Waals surface area contributed by atoms with Crippen LogP contribution in [0.1, 0.15) is 22.8 Å². The van der Waals surface area contributed by atoms with Gasteiger partial charge in [-0.3, -0.25) is 9.69 Å². The Morgan fingerprint density at radius 2 is 1.91 bits per heavy atom. The zero-order valence-corrected chi connectivity index (χ0v) is 19.6. The van der Waals surface area contributed by atoms with Gasteiger partial charge in [0.25, 0.3) is 5.91 Å². The number of esters is 1. The lowest BCUT2D eigenvalue weighted by Crippen LogP contribution is -2.23. The van der Waals surface area contributed by atoms with Crippen LogP contribution in [0.25, 0.3) is 6.08 Å². The Hall–Kier alpha value is -2.92. The van der Waals surface area contributed by atoms with Crippen LogP contribution in [0.2, 0.25) is 10.0 Å². The first-order valence-electron chi connectivity index (χ1n) is 9.42. The van der Waals surface area contributed by atoms with Crippen LogP contribution in [0.5, 0.6) is 5.75 Å². The normalized spacial score (nSPS) is 15.8. The lowest BCUT2D eigenvalue weighted by atomic mass is 10.2. The van der Waals surface area contributed by atoms with Crippen LogP contribution in [0.3, 0.4) is 0 Å². The summed E-state index contributed by atoms with van der Waals surface area (Å²) in [5, 5.41) is 1.08. The van der Waals surface area contributed by atoms with Crippen molar-refractivity contribution < 1.29 is 19.1 Å². The maximum atomic E-state index is 12.7. The minimum absolute atomic E-state index is 0.0413. The van der Waals surface area contributed by atoms with Crippen LogP contribution in [0.4, 0.5) is 5.69 Å². The van der Waals surface area contributed by atoms with Gasteiger partial charge in [0.05, 0.1) is 32.8 Å². The topological polar surface area (TPSA) is 68.2 Å². The zero-order valence-electron chi connectivity index (χ0n) is 17.2. The minimum atomic E-state index is -0.396. The number of aliphatic imine (C=N–C) groups is 1. The zero-order chi connectivity index (χ0) is 23.3. The summed E-state index contributed by atoms with van der Waals surface area (Å²) in [7, 11) is 1.64. The number of amides is 1. The SMILES string of the molecule is C#CCOc1c(Cl)cc(C=C2SC(=Nc3ccc(C(=O)OCC)cc3)N(C)C2=O)cc1Cl. The van der Waals surface area contributed by atoms with Crippen molar-refractivity contribution in [1.29, 1.82) is 0 Å². The maximum absolute atomic E-state index is 12.7. The van der Waals surface area contributed by atoms with Crippen molar-refractivity contribution in [2.75, 3.05) is 20.3 Å². The highest BCUT2D eigenvalue weighted by molar-refractivity contribution is 8.18. The Balaban J connectivity index is 1.82. The summed E-state index contributed by atoms with van der Waals surface area (Å²) < 4.78 is 10.3. The highest BCUT2D eigenvalue weighted by Gasteiger charge is 2.30. The van der Waals surface area contributed by atoms with E-state index in [9.17, 15) is 9.59 Å². The van der Waals surface area contributed by atoms with E-state index in [1.54, 1.807) is 56.4 Å². The van der Waals surface area contributed by atoms with Gasteiger partial charge in [0.2, 0.25) is 0 Å². The summed E-state index contributed by atoms with van der Waals surface area (Å²) in [6, 6.07) is 9.92. The van der Waals surface area contributed by atoms with Gasteiger partial charge in [0.15, 0.2) is 10.9 Å². The molecule has 2 aromatic carbocycles. The molecule has 1 saturated heterocycles. The molecule has 0 radical (unpaired) electrons. The van der Waals surface area contributed by atoms with Gasteiger partial charge in [-0.2, -0.15) is 0 Å². The van der Waals surface area contributed by atoms with Crippen molar-refractivity contribution in [1.82, 2.24) is 4.90 Å². The van der Waals surface area contributed by atoms with Gasteiger partial charge in [0.1, 0.15) is 6.61 Å². The number of amidine groups is 1. The Bertz CT molecular complexity index is 1130. The van der Waals surface area contributed by atoms with Crippen molar-refractivity contribution in [3.05, 3.63) is 62.5 Å². The number of terminal acetylenes is 1. The van der Waals surface area contributed by atoms with E-state index in [2.05, 4.69) is 10.9 Å². The lowest BCUT2D eigenvalue weighted by molar-refractivity contribution is -0.121. The number of ether oxygens (including phenoxy) is 2. The molecule has 0 aliphatic carbocycles. The summed E-state index contributed by atoms with van der Waals surface area (Å²) in [5.74, 6) is 2.04. The molecule has 2 aromatic rings. The summed E-state index contributed by atoms with van der Waals surface area (Å²) in [5.41, 5.74) is 1.67. The third-order valence-electron chi connectivity index (χ3n) is 4.22. The molecular formula is C23H18Cl2N2O4S. The van der Waals surface area contributed by atoms with Gasteiger partial charge >= 0.3 is 5.97 Å². The average Bonchev–Trinajstić information content (AvgIpc) is 3.01. The number of hydrogen-bond donors (Lipinski definition) is 0. The van der Waals surface area contributed by atoms with Crippen molar-refractivity contribution >= 4 is 63.8 Å². The largest absolute Gasteiger partial charge is 0.478 e. The number of benzene rings is 2. The number of carbonyl (C=O) groups excluding carboxylic acids is 2. The second-order valence-corrected chi connectivity index (χ2v) is 8.27. The smallest absolute Gasteiger partial charge is 0.338 e. The predicted molar refractivity (Wildman–Crippen MR) is 129 cm³/mol. The molecule has 164 valence electrons. The Kier molecular flexibility index (Phi) is 7.86. The van der Waals surface area contributed by atoms with Crippen molar-refractivity contribution in [2.45, 2.75) is 6.92 Å². The molecule has 32 heavy (non-hydrogen) atoms. The van der Waals surface area contributed by atoms with E-state index in [1.165, 1.54) is 16.7 Å². The predicted octanol–water partition coefficient (Wildman–Crippen LogP) is 5.42. The van der Waals surface area contributed by atoms with Gasteiger partial charge in [-0.1, -0.05) is 29.1 Å². The van der Waals surface area contributed by atoms with E-state index in [4.69, 9.17) is 39.1 Å². The molecule has 6 nitrogen and oxygen atoms in total. The molecule has 3 rings (SSSR count). The third-order valence-corrected chi connectivity index (χ3v) is 5.85. The summed E-state index contributed by atoms with van der Waals surface area (Å²) in [6.45, 7) is 2.09. The molecule has 0 aromatic heterocycles. The number of thioether (sulfide) groups is 1. The number of likely N-dealkylation sites (N-methyl/N-ethyl adjacent to an activating group) is 1. The van der Waals surface area contributed by atoms with Crippen molar-refractivity contribution in [2.24, 2.45) is 4.99 Å². The monoisotopic (exact) mass is 488 g/mol. The third kappa shape index (κ3) is 5.46. The van der Waals surface area contributed by atoms with Gasteiger partial charge in [-0.15, -0.1) is 6.42 Å². The quantitative estimate of drug-likeness (QED) is 0.308. The van der Waals surface area contributed by atoms with Crippen LogP contribution in [0.15, 0.2) is 46.3 Å². The number of nitrogens with zero attached hydrogens (tertiary/aromatic N) is 2. The Morgan fingerprint density at radius 3 is 2.50 bits per heavy atom. The summed E-state index contributed by atoms with van der Waals surface area (Å²) >= 11 is 13.7. The molecule has 0 bridgehead atoms. The standard InChI is InChI=1S/C23H18Cl2N2O4S/c1-4-10-31-20-17(24)11-14(12-18(20)25)13-19-21(28)27(3)23(32-19)26-16-8-6-15(7-9-16)22(29)30-5-2/h1,6-9,11-13H,5,10H2,2-3H3. The molecule has 0 spiro atoms. The molecule has 0 unspecified atom stereocenters. The molecule has 1 fully saturated rings. The van der Waals surface area contributed by atoms with E-state index in [1.807, 2.05) is 0 Å². The second kappa shape index (κ2) is 10.6. The number of halogens is 2. The first-order valence-corrected chi connectivity index (χ1v) is 11.0. The fourth-order valence-electron chi connectivity index (χ4n) is 2.71. The molecule has 1 heterocycles. The molecule has 0 atom stereocenters. The van der Waals surface area contributed by atoms with Gasteiger partial charge in [0, 0.05) is 7.05 Å². The number of rotatable bonds is 6. The first-order chi connectivity index (χ1) is 15.3. The fourth-order valence-corrected chi connectivity index (χ4v) is 4.31. The molecule has 1 aliphatic rings. The van der Waals surface area contributed by atoms with E-state index in [0.29, 0.717) is 49.3 Å². The van der Waals surface area contributed by atoms with Crippen LogP contribution in [-0.4, -0.2) is 42.2 Å². The highest BCUT2D eigenvalue weighted by atomic mass is 35.5. The van der Waals surface area contributed by atoms with E-state index < -0.39 is 5.97 Å². The van der Waals surface area contributed by atoms with Crippen molar-refractivity contribution in [3.63, 3.8) is 0 Å². The molecule has 0 saturated carbocycles. The molecule has 9 heteroatoms. The number of hydrogen-bond acceptors (Lipinski definition) is 6. The Morgan fingerprint density at radius 1 is 1.25 bits per heavy atom. The number of carbonyl (C=O) groups is 2. The van der Waals surface area contributed by atoms with Gasteiger partial charge in [-0.05, 0) is 66.7 Å². The van der Waals surface area contributed by atoms with Crippen LogP contribution in [0, 0.1) is 12.3 Å². The molecule has 0 N–H and O–H groups in total. The maximum Gasteiger partial charge on any atom is 0.338 e. The van der Waals surface area contributed by atoms with E-state index in [0.717, 1.165) is 0 Å². The van der Waals surface area contributed by atoms with Gasteiger partial charge in [-0.25, -0.2) is 9.79 Å². The van der Waals surface area contributed by atoms with Crippen molar-refractivity contribution in [3.8, 4) is 18.1 Å². The van der Waals surface area contributed by atoms with E-state index >= 15 is 0 Å². The molecule has 1 amide bonds. The molecular weight excluding hydrogens is 471 g/mol. The minimum Gasteiger partial charge on any atom is -0.478 e. The van der Waals surface area contributed by atoms with Crippen LogP contribution >= 0.6 is 35.0 Å². The van der Waals surface area contributed by atoms with Crippen LogP contribution < -0.4 is 4.74 Å². The second-order valence-electron chi connectivity index (χ2n) is 6.44.